The summed E-state index contributed by atoms with van der Waals surface area (Å²) in [6.07, 6.45) is 28.5. The third-order valence-electron chi connectivity index (χ3n) is 7.38. The van der Waals surface area contributed by atoms with Crippen LogP contribution in [0.1, 0.15) is 166 Å². The van der Waals surface area contributed by atoms with Gasteiger partial charge in [-0.15, -0.1) is 6.12 Å². The molecule has 0 aliphatic carbocycles. The fourth-order valence-electron chi connectivity index (χ4n) is 5.19. The van der Waals surface area contributed by atoms with E-state index in [1.54, 1.807) is 0 Å². The standard InChI is InChI=1S/C32H59O2PS2.Zn/c1-3-5-7-9-11-13-15-17-19-21-23-25-30-27-31(29-32(28-30)34-35(33,36)37)26-24-22-20-18-16-14-12-10-8-6-4-2;/h27-29H,3-26H2,1-2H3,(H2,33,36,37);/q;+2/p-2. The Labute approximate surface area is 261 Å². The summed E-state index contributed by atoms with van der Waals surface area (Å²) >= 11 is 9.75. The number of aryl methyl sites for hydroxylation is 2. The fourth-order valence-corrected chi connectivity index (χ4v) is 6.07. The Morgan fingerprint density at radius 2 is 0.816 bits per heavy atom. The second kappa shape index (κ2) is 26.6. The van der Waals surface area contributed by atoms with Crippen molar-refractivity contribution in [2.24, 2.45) is 0 Å². The van der Waals surface area contributed by atoms with Crippen molar-refractivity contribution in [3.8, 4) is 5.75 Å². The monoisotopic (exact) mass is 632 g/mol. The third kappa shape index (κ3) is 24.5. The summed E-state index contributed by atoms with van der Waals surface area (Å²) in [6, 6.07) is 6.33. The minimum atomic E-state index is -3.37. The van der Waals surface area contributed by atoms with Crippen molar-refractivity contribution in [3.05, 3.63) is 29.3 Å². The Balaban J connectivity index is 0.0000137. The normalized spacial score (nSPS) is 11.5. The molecule has 0 fully saturated rings. The number of hydrogen-bond donors (Lipinski definition) is 0. The van der Waals surface area contributed by atoms with Gasteiger partial charge in [-0.25, -0.2) is 0 Å². The van der Waals surface area contributed by atoms with Crippen LogP contribution in [0.3, 0.4) is 0 Å². The molecule has 0 aliphatic heterocycles. The van der Waals surface area contributed by atoms with Crippen LogP contribution in [0.25, 0.3) is 0 Å². The maximum Gasteiger partial charge on any atom is 2.00 e. The van der Waals surface area contributed by atoms with E-state index >= 15 is 0 Å². The van der Waals surface area contributed by atoms with Gasteiger partial charge in [0.25, 0.3) is 0 Å². The van der Waals surface area contributed by atoms with Crippen LogP contribution in [-0.4, -0.2) is 0 Å². The van der Waals surface area contributed by atoms with E-state index in [1.165, 1.54) is 152 Å². The van der Waals surface area contributed by atoms with E-state index in [2.05, 4.69) is 19.9 Å². The molecule has 0 radical (unpaired) electrons. The van der Waals surface area contributed by atoms with Crippen LogP contribution < -0.4 is 9.42 Å². The van der Waals surface area contributed by atoms with Crippen molar-refractivity contribution in [3.63, 3.8) is 0 Å². The number of rotatable bonds is 26. The van der Waals surface area contributed by atoms with Crippen molar-refractivity contribution in [2.45, 2.75) is 168 Å². The van der Waals surface area contributed by atoms with Gasteiger partial charge in [-0.05, 0) is 48.9 Å². The molecule has 0 unspecified atom stereocenters. The van der Waals surface area contributed by atoms with Gasteiger partial charge in [0.1, 0.15) is 0 Å². The predicted octanol–water partition coefficient (Wildman–Crippen LogP) is 10.9. The fraction of sp³-hybridized carbons (Fsp3) is 0.812. The molecule has 1 aromatic rings. The maximum absolute atomic E-state index is 11.9. The van der Waals surface area contributed by atoms with E-state index in [0.717, 1.165) is 12.8 Å². The number of benzene rings is 1. The van der Waals surface area contributed by atoms with Gasteiger partial charge in [0.05, 0.1) is 0 Å². The minimum Gasteiger partial charge on any atom is -0.682 e. The molecule has 0 amide bonds. The Hall–Kier alpha value is 0.733. The number of hydrogen-bond acceptors (Lipinski definition) is 4. The first-order valence-corrected chi connectivity index (χ1v) is 19.4. The van der Waals surface area contributed by atoms with Crippen LogP contribution in [0.5, 0.6) is 5.75 Å². The van der Waals surface area contributed by atoms with E-state index in [-0.39, 0.29) is 19.5 Å². The van der Waals surface area contributed by atoms with E-state index in [9.17, 15) is 4.89 Å². The van der Waals surface area contributed by atoms with Gasteiger partial charge in [-0.3, -0.25) is 0 Å². The van der Waals surface area contributed by atoms with Crippen LogP contribution in [0, 0.1) is 0 Å². The molecule has 0 atom stereocenters. The summed E-state index contributed by atoms with van der Waals surface area (Å²) in [5.74, 6) is 0.604. The van der Waals surface area contributed by atoms with Crippen molar-refractivity contribution in [2.75, 3.05) is 0 Å². The quantitative estimate of drug-likeness (QED) is 0.0440. The SMILES string of the molecule is CCCCCCCCCCCCCc1cc(CCCCCCCCCCCCC)cc(O[P+]([O-])([S-])[S-])c1.[Zn+2]. The topological polar surface area (TPSA) is 32.3 Å². The first-order valence-electron chi connectivity index (χ1n) is 15.8. The third-order valence-corrected chi connectivity index (χ3v) is 8.26. The summed E-state index contributed by atoms with van der Waals surface area (Å²) in [7, 11) is 0. The average Bonchev–Trinajstić information content (AvgIpc) is 2.85. The van der Waals surface area contributed by atoms with Crippen LogP contribution in [-0.2, 0) is 56.8 Å². The van der Waals surface area contributed by atoms with E-state index < -0.39 is 6.12 Å². The van der Waals surface area contributed by atoms with Gasteiger partial charge in [-0.2, -0.15) is 0 Å². The first kappa shape index (κ1) is 38.7. The molecular weight excluding hydrogens is 577 g/mol. The molecule has 0 saturated heterocycles. The zero-order valence-corrected chi connectivity index (χ0v) is 30.5. The molecule has 0 spiro atoms. The molecule has 216 valence electrons. The molecule has 1 aromatic carbocycles. The molecule has 38 heavy (non-hydrogen) atoms. The molecule has 6 heteroatoms. The van der Waals surface area contributed by atoms with Gasteiger partial charge in [0, 0.05) is 0 Å². The molecule has 0 aromatic heterocycles. The Morgan fingerprint density at radius 1 is 0.526 bits per heavy atom. The van der Waals surface area contributed by atoms with E-state index in [0.29, 0.717) is 5.75 Å². The van der Waals surface area contributed by atoms with Crippen LogP contribution in [0.15, 0.2) is 18.2 Å². The second-order valence-corrected chi connectivity index (χ2v) is 15.7. The Bertz CT molecular complexity index is 611. The number of unbranched alkanes of at least 4 members (excludes halogenated alkanes) is 20. The first-order chi connectivity index (χ1) is 17.9. The largest absolute Gasteiger partial charge is 2.00 e. The molecule has 0 N–H and O–H groups in total. The summed E-state index contributed by atoms with van der Waals surface area (Å²) in [4.78, 5) is 11.9. The Kier molecular flexibility index (Phi) is 27.1. The zero-order chi connectivity index (χ0) is 27.0. The van der Waals surface area contributed by atoms with Gasteiger partial charge in [0.2, 0.25) is 0 Å². The summed E-state index contributed by atoms with van der Waals surface area (Å²) in [5, 5.41) is 0. The molecule has 1 rings (SSSR count). The van der Waals surface area contributed by atoms with Crippen molar-refractivity contribution in [1.82, 2.24) is 0 Å². The van der Waals surface area contributed by atoms with Gasteiger partial charge in [0.15, 0.2) is 5.75 Å². The van der Waals surface area contributed by atoms with Crippen LogP contribution >= 0.6 is 6.12 Å². The maximum atomic E-state index is 11.9. The van der Waals surface area contributed by atoms with Gasteiger partial charge in [-0.1, -0.05) is 148 Å². The second-order valence-electron chi connectivity index (χ2n) is 11.1. The van der Waals surface area contributed by atoms with E-state index in [4.69, 9.17) is 29.0 Å². The van der Waals surface area contributed by atoms with Crippen molar-refractivity contribution in [1.29, 1.82) is 0 Å². The average molecular weight is 634 g/mol. The molecule has 0 saturated carbocycles. The van der Waals surface area contributed by atoms with Gasteiger partial charge >= 0.3 is 19.5 Å². The van der Waals surface area contributed by atoms with Gasteiger partial charge < -0.3 is 33.9 Å². The summed E-state index contributed by atoms with van der Waals surface area (Å²) in [5.41, 5.74) is 2.54. The van der Waals surface area contributed by atoms with E-state index in [1.807, 2.05) is 12.1 Å². The minimum absolute atomic E-state index is 0. The predicted molar refractivity (Wildman–Crippen MR) is 169 cm³/mol. The molecular formula is C32H57O2PS2Zn. The summed E-state index contributed by atoms with van der Waals surface area (Å²) in [6.45, 7) is 4.56. The smallest absolute Gasteiger partial charge is 0.682 e. The Morgan fingerprint density at radius 3 is 1.11 bits per heavy atom. The molecule has 0 aliphatic rings. The van der Waals surface area contributed by atoms with Crippen molar-refractivity contribution >= 4 is 30.6 Å². The van der Waals surface area contributed by atoms with Crippen molar-refractivity contribution < 1.29 is 28.9 Å². The zero-order valence-electron chi connectivity index (χ0n) is 25.0. The molecule has 2 nitrogen and oxygen atoms in total. The summed E-state index contributed by atoms with van der Waals surface area (Å²) < 4.78 is 5.48. The van der Waals surface area contributed by atoms with Crippen LogP contribution in [0.4, 0.5) is 0 Å². The molecule has 0 bridgehead atoms. The molecule has 0 heterocycles. The van der Waals surface area contributed by atoms with Crippen LogP contribution in [0.2, 0.25) is 0 Å².